The molecular formula is C25H19N3O5. The van der Waals surface area contributed by atoms with Crippen LogP contribution in [0, 0.1) is 0 Å². The molecule has 5 rings (SSSR count). The quantitative estimate of drug-likeness (QED) is 0.492. The van der Waals surface area contributed by atoms with E-state index < -0.39 is 11.9 Å². The van der Waals surface area contributed by atoms with E-state index in [0.29, 0.717) is 27.8 Å². The summed E-state index contributed by atoms with van der Waals surface area (Å²) in [6.45, 7) is 0.0276. The van der Waals surface area contributed by atoms with Gasteiger partial charge in [0.1, 0.15) is 11.3 Å². The second-order valence-corrected chi connectivity index (χ2v) is 7.69. The number of para-hydroxylation sites is 1. The molecule has 2 aromatic carbocycles. The Balaban J connectivity index is 1.62. The fourth-order valence-electron chi connectivity index (χ4n) is 4.06. The highest BCUT2D eigenvalue weighted by atomic mass is 16.5. The molecule has 1 aliphatic rings. The van der Waals surface area contributed by atoms with Crippen molar-refractivity contribution >= 4 is 22.8 Å². The number of primary amides is 1. The molecule has 4 aromatic rings. The average molecular weight is 441 g/mol. The van der Waals surface area contributed by atoms with Gasteiger partial charge in [0.25, 0.3) is 11.8 Å². The molecule has 2 aromatic heterocycles. The van der Waals surface area contributed by atoms with Crippen molar-refractivity contribution in [3.8, 4) is 5.75 Å². The van der Waals surface area contributed by atoms with Crippen LogP contribution in [0.4, 0.5) is 0 Å². The number of benzene rings is 2. The lowest BCUT2D eigenvalue weighted by Crippen LogP contribution is -2.29. The van der Waals surface area contributed by atoms with Crippen molar-refractivity contribution in [3.63, 3.8) is 0 Å². The maximum Gasteiger partial charge on any atom is 0.291 e. The third-order valence-electron chi connectivity index (χ3n) is 5.55. The van der Waals surface area contributed by atoms with Gasteiger partial charge in [-0.15, -0.1) is 0 Å². The third kappa shape index (κ3) is 3.71. The second-order valence-electron chi connectivity index (χ2n) is 7.69. The lowest BCUT2D eigenvalue weighted by molar-refractivity contribution is -0.119. The number of pyridine rings is 1. The van der Waals surface area contributed by atoms with E-state index in [1.165, 1.54) is 0 Å². The van der Waals surface area contributed by atoms with Crippen LogP contribution < -0.4 is 15.9 Å². The predicted molar refractivity (Wildman–Crippen MR) is 120 cm³/mol. The van der Waals surface area contributed by atoms with Gasteiger partial charge in [-0.05, 0) is 47.5 Å². The molecule has 0 bridgehead atoms. The van der Waals surface area contributed by atoms with Gasteiger partial charge in [-0.1, -0.05) is 24.3 Å². The first-order valence-electron chi connectivity index (χ1n) is 10.3. The van der Waals surface area contributed by atoms with Crippen LogP contribution in [0.1, 0.15) is 33.3 Å². The van der Waals surface area contributed by atoms with E-state index in [4.69, 9.17) is 14.9 Å². The van der Waals surface area contributed by atoms with Crippen LogP contribution in [0.2, 0.25) is 0 Å². The Bertz CT molecular complexity index is 1410. The lowest BCUT2D eigenvalue weighted by Gasteiger charge is -2.25. The van der Waals surface area contributed by atoms with E-state index in [1.807, 2.05) is 12.1 Å². The molecule has 0 spiro atoms. The van der Waals surface area contributed by atoms with Gasteiger partial charge in [-0.25, -0.2) is 0 Å². The summed E-state index contributed by atoms with van der Waals surface area (Å²) in [6, 6.07) is 16.7. The van der Waals surface area contributed by atoms with Gasteiger partial charge in [-0.3, -0.25) is 19.4 Å². The highest BCUT2D eigenvalue weighted by Gasteiger charge is 2.42. The molecule has 1 unspecified atom stereocenters. The summed E-state index contributed by atoms with van der Waals surface area (Å²) < 4.78 is 11.3. The second kappa shape index (κ2) is 8.23. The van der Waals surface area contributed by atoms with E-state index in [2.05, 4.69) is 4.98 Å². The average Bonchev–Trinajstić information content (AvgIpc) is 3.10. The zero-order chi connectivity index (χ0) is 22.9. The maximum absolute atomic E-state index is 13.5. The van der Waals surface area contributed by atoms with Gasteiger partial charge in [0.2, 0.25) is 5.76 Å². The Kier molecular flexibility index (Phi) is 5.10. The number of hydrogen-bond acceptors (Lipinski definition) is 6. The first-order chi connectivity index (χ1) is 16.0. The number of amides is 2. The van der Waals surface area contributed by atoms with Crippen LogP contribution >= 0.6 is 0 Å². The summed E-state index contributed by atoms with van der Waals surface area (Å²) in [4.78, 5) is 43.5. The fraction of sp³-hybridized carbons (Fsp3) is 0.120. The van der Waals surface area contributed by atoms with E-state index in [1.54, 1.807) is 65.8 Å². The van der Waals surface area contributed by atoms with Crippen molar-refractivity contribution in [2.45, 2.75) is 12.6 Å². The van der Waals surface area contributed by atoms with Crippen molar-refractivity contribution in [2.24, 2.45) is 5.73 Å². The molecule has 0 saturated carbocycles. The summed E-state index contributed by atoms with van der Waals surface area (Å²) in [6.07, 6.45) is 3.31. The van der Waals surface area contributed by atoms with Gasteiger partial charge in [0.05, 0.1) is 17.0 Å². The van der Waals surface area contributed by atoms with Crippen LogP contribution in [-0.4, -0.2) is 28.3 Å². The van der Waals surface area contributed by atoms with E-state index in [9.17, 15) is 14.4 Å². The summed E-state index contributed by atoms with van der Waals surface area (Å²) >= 11 is 0. The van der Waals surface area contributed by atoms with Crippen LogP contribution in [-0.2, 0) is 11.3 Å². The van der Waals surface area contributed by atoms with Gasteiger partial charge in [-0.2, -0.15) is 0 Å². The zero-order valence-electron chi connectivity index (χ0n) is 17.4. The topological polar surface area (TPSA) is 116 Å². The van der Waals surface area contributed by atoms with E-state index in [0.717, 1.165) is 5.56 Å². The Morgan fingerprint density at radius 2 is 1.76 bits per heavy atom. The molecule has 1 aliphatic heterocycles. The molecule has 1 atom stereocenters. The third-order valence-corrected chi connectivity index (χ3v) is 5.55. The molecule has 0 saturated heterocycles. The standard InChI is InChI=1S/C25H19N3O5/c26-20(29)14-32-17-7-5-16(6-8-17)22-21-23(30)18-3-1-2-4-19(18)33-24(21)25(31)28(22)13-15-9-11-27-12-10-15/h1-12,22H,13-14H2,(H2,26,29). The van der Waals surface area contributed by atoms with Crippen LogP contribution in [0.3, 0.4) is 0 Å². The number of hydrogen-bond donors (Lipinski definition) is 1. The molecule has 0 aliphatic carbocycles. The number of ether oxygens (including phenoxy) is 1. The normalized spacial score (nSPS) is 15.0. The van der Waals surface area contributed by atoms with Crippen molar-refractivity contribution in [1.29, 1.82) is 0 Å². The summed E-state index contributed by atoms with van der Waals surface area (Å²) in [5, 5.41) is 0.418. The van der Waals surface area contributed by atoms with Crippen molar-refractivity contribution in [1.82, 2.24) is 9.88 Å². The minimum Gasteiger partial charge on any atom is -0.484 e. The number of carbonyl (C=O) groups is 2. The lowest BCUT2D eigenvalue weighted by atomic mass is 9.98. The molecule has 2 amide bonds. The van der Waals surface area contributed by atoms with Crippen LogP contribution in [0.25, 0.3) is 11.0 Å². The molecule has 33 heavy (non-hydrogen) atoms. The Labute approximate surface area is 188 Å². The molecule has 0 fully saturated rings. The zero-order valence-corrected chi connectivity index (χ0v) is 17.4. The molecule has 8 heteroatoms. The Morgan fingerprint density at radius 3 is 2.48 bits per heavy atom. The van der Waals surface area contributed by atoms with Crippen molar-refractivity contribution in [3.05, 3.63) is 106 Å². The number of nitrogens with two attached hydrogens (primary N) is 1. The van der Waals surface area contributed by atoms with Crippen molar-refractivity contribution < 1.29 is 18.7 Å². The summed E-state index contributed by atoms with van der Waals surface area (Å²) in [5.74, 6) is -0.439. The fourth-order valence-corrected chi connectivity index (χ4v) is 4.06. The molecule has 8 nitrogen and oxygen atoms in total. The minimum atomic E-state index is -0.647. The molecule has 0 radical (unpaired) electrons. The number of rotatable bonds is 6. The van der Waals surface area contributed by atoms with E-state index in [-0.39, 0.29) is 30.2 Å². The maximum atomic E-state index is 13.5. The Morgan fingerprint density at radius 1 is 1.03 bits per heavy atom. The predicted octanol–water partition coefficient (Wildman–Crippen LogP) is 2.80. The van der Waals surface area contributed by atoms with E-state index >= 15 is 0 Å². The first kappa shape index (κ1) is 20.4. The van der Waals surface area contributed by atoms with Gasteiger partial charge < -0.3 is 19.8 Å². The largest absolute Gasteiger partial charge is 0.484 e. The number of carbonyl (C=O) groups excluding carboxylic acids is 2. The molecule has 2 N–H and O–H groups in total. The summed E-state index contributed by atoms with van der Waals surface area (Å²) in [5.41, 5.74) is 7.15. The molecular weight excluding hydrogens is 422 g/mol. The van der Waals surface area contributed by atoms with Crippen LogP contribution in [0.5, 0.6) is 5.75 Å². The van der Waals surface area contributed by atoms with Gasteiger partial charge in [0, 0.05) is 18.9 Å². The molecule has 164 valence electrons. The molecule has 3 heterocycles. The van der Waals surface area contributed by atoms with Crippen molar-refractivity contribution in [2.75, 3.05) is 6.61 Å². The number of aromatic nitrogens is 1. The Hall–Kier alpha value is -4.46. The number of fused-ring (bicyclic) bond motifs is 2. The smallest absolute Gasteiger partial charge is 0.291 e. The van der Waals surface area contributed by atoms with Crippen LogP contribution in [0.15, 0.2) is 82.3 Å². The van der Waals surface area contributed by atoms with Gasteiger partial charge in [0.15, 0.2) is 12.0 Å². The monoisotopic (exact) mass is 441 g/mol. The van der Waals surface area contributed by atoms with Gasteiger partial charge >= 0.3 is 0 Å². The SMILES string of the molecule is NC(=O)COc1ccc(C2c3c(oc4ccccc4c3=O)C(=O)N2Cc2ccncc2)cc1. The first-order valence-corrected chi connectivity index (χ1v) is 10.3. The number of nitrogens with zero attached hydrogens (tertiary/aromatic N) is 2. The minimum absolute atomic E-state index is 0.0480. The highest BCUT2D eigenvalue weighted by molar-refractivity contribution is 5.99. The highest BCUT2D eigenvalue weighted by Crippen LogP contribution is 2.39. The summed E-state index contributed by atoms with van der Waals surface area (Å²) in [7, 11) is 0.